The molecular formula is C15H20N4O5S2. The molecule has 1 heterocycles. The molecule has 0 saturated heterocycles. The average Bonchev–Trinajstić information content (AvgIpc) is 2.91. The van der Waals surface area contributed by atoms with Crippen LogP contribution in [0.3, 0.4) is 0 Å². The van der Waals surface area contributed by atoms with Gasteiger partial charge >= 0.3 is 0 Å². The first-order valence-electron chi connectivity index (χ1n) is 7.33. The lowest BCUT2D eigenvalue weighted by atomic mass is 10.2. The van der Waals surface area contributed by atoms with Gasteiger partial charge in [0.25, 0.3) is 0 Å². The van der Waals surface area contributed by atoms with E-state index in [1.807, 2.05) is 0 Å². The predicted molar refractivity (Wildman–Crippen MR) is 99.7 cm³/mol. The summed E-state index contributed by atoms with van der Waals surface area (Å²) in [7, 11) is -0.568. The summed E-state index contributed by atoms with van der Waals surface area (Å²) in [6.45, 7) is -0.246. The second-order valence-electron chi connectivity index (χ2n) is 5.27. The summed E-state index contributed by atoms with van der Waals surface area (Å²) in [6.07, 6.45) is 2.73. The molecule has 1 aromatic heterocycles. The van der Waals surface area contributed by atoms with Gasteiger partial charge in [0, 0.05) is 12.3 Å². The van der Waals surface area contributed by atoms with Crippen molar-refractivity contribution in [3.05, 3.63) is 18.2 Å². The van der Waals surface area contributed by atoms with Gasteiger partial charge in [-0.15, -0.1) is 11.8 Å². The molecule has 142 valence electrons. The van der Waals surface area contributed by atoms with Crippen molar-refractivity contribution in [2.75, 3.05) is 37.8 Å². The van der Waals surface area contributed by atoms with Crippen LogP contribution in [0.4, 0.5) is 11.5 Å². The first kappa shape index (κ1) is 19.9. The molecule has 1 aromatic carbocycles. The molecule has 0 fully saturated rings. The van der Waals surface area contributed by atoms with Gasteiger partial charge in [0.15, 0.2) is 9.84 Å². The lowest BCUT2D eigenvalue weighted by molar-refractivity contribution is -0.116. The summed E-state index contributed by atoms with van der Waals surface area (Å²) in [5.74, 6) is 0.496. The molecule has 0 spiro atoms. The van der Waals surface area contributed by atoms with Crippen molar-refractivity contribution in [2.45, 2.75) is 16.5 Å². The minimum absolute atomic E-state index is 0.0696. The lowest BCUT2D eigenvalue weighted by Crippen LogP contribution is -2.21. The van der Waals surface area contributed by atoms with Crippen LogP contribution < -0.4 is 20.5 Å². The van der Waals surface area contributed by atoms with Gasteiger partial charge in [-0.05, 0) is 18.4 Å². The molecule has 0 aliphatic rings. The standard InChI is InChI=1S/C15H20N4O5S2/c1-23-9-5-6-10(11(7-9)24-2)17-12(20)8-19-14(16)13(26(4,21)22)15(18-19)25-3/h5-7H,8,16H2,1-4H3,(H,17,20). The number of benzene rings is 1. The number of carbonyl (C=O) groups is 1. The Balaban J connectivity index is 2.25. The van der Waals surface area contributed by atoms with E-state index in [-0.39, 0.29) is 22.3 Å². The van der Waals surface area contributed by atoms with Gasteiger partial charge in [-0.3, -0.25) is 4.79 Å². The smallest absolute Gasteiger partial charge is 0.246 e. The van der Waals surface area contributed by atoms with Crippen LogP contribution in [-0.2, 0) is 21.2 Å². The highest BCUT2D eigenvalue weighted by atomic mass is 32.2. The van der Waals surface area contributed by atoms with Crippen molar-refractivity contribution in [1.82, 2.24) is 9.78 Å². The summed E-state index contributed by atoms with van der Waals surface area (Å²) < 4.78 is 35.3. The third kappa shape index (κ3) is 4.22. The van der Waals surface area contributed by atoms with Crippen LogP contribution in [0.2, 0.25) is 0 Å². The van der Waals surface area contributed by atoms with Crippen molar-refractivity contribution in [1.29, 1.82) is 0 Å². The minimum Gasteiger partial charge on any atom is -0.497 e. The molecule has 2 aromatic rings. The second-order valence-corrected chi connectivity index (χ2v) is 8.02. The third-order valence-corrected chi connectivity index (χ3v) is 5.40. The Kier molecular flexibility index (Phi) is 6.03. The number of hydrogen-bond donors (Lipinski definition) is 2. The van der Waals surface area contributed by atoms with E-state index in [9.17, 15) is 13.2 Å². The number of aromatic nitrogens is 2. The number of hydrogen-bond acceptors (Lipinski definition) is 8. The number of rotatable bonds is 7. The largest absolute Gasteiger partial charge is 0.497 e. The number of nitrogen functional groups attached to an aromatic ring is 1. The normalized spacial score (nSPS) is 11.2. The number of anilines is 2. The van der Waals surface area contributed by atoms with Crippen LogP contribution >= 0.6 is 11.8 Å². The van der Waals surface area contributed by atoms with E-state index in [1.165, 1.54) is 14.2 Å². The van der Waals surface area contributed by atoms with E-state index in [0.29, 0.717) is 17.2 Å². The quantitative estimate of drug-likeness (QED) is 0.665. The summed E-state index contributed by atoms with van der Waals surface area (Å²) in [6, 6.07) is 4.94. The van der Waals surface area contributed by atoms with Gasteiger partial charge in [-0.2, -0.15) is 5.10 Å². The van der Waals surface area contributed by atoms with E-state index >= 15 is 0 Å². The highest BCUT2D eigenvalue weighted by molar-refractivity contribution is 7.99. The molecule has 3 N–H and O–H groups in total. The van der Waals surface area contributed by atoms with Gasteiger partial charge in [-0.25, -0.2) is 13.1 Å². The summed E-state index contributed by atoms with van der Waals surface area (Å²) >= 11 is 1.14. The van der Waals surface area contributed by atoms with Gasteiger partial charge in [0.2, 0.25) is 5.91 Å². The zero-order chi connectivity index (χ0) is 19.5. The van der Waals surface area contributed by atoms with Crippen LogP contribution in [-0.4, -0.2) is 50.8 Å². The maximum atomic E-state index is 12.3. The number of ether oxygens (including phenoxy) is 2. The van der Waals surface area contributed by atoms with Crippen molar-refractivity contribution in [3.8, 4) is 11.5 Å². The fourth-order valence-corrected chi connectivity index (χ4v) is 4.28. The van der Waals surface area contributed by atoms with E-state index in [4.69, 9.17) is 15.2 Å². The average molecular weight is 400 g/mol. The summed E-state index contributed by atoms with van der Waals surface area (Å²) in [5.41, 5.74) is 6.33. The molecule has 0 unspecified atom stereocenters. The topological polar surface area (TPSA) is 126 Å². The van der Waals surface area contributed by atoms with Crippen molar-refractivity contribution >= 4 is 39.0 Å². The highest BCUT2D eigenvalue weighted by Crippen LogP contribution is 2.30. The molecule has 0 atom stereocenters. The highest BCUT2D eigenvalue weighted by Gasteiger charge is 2.24. The Morgan fingerprint density at radius 2 is 2.04 bits per heavy atom. The molecule has 0 bridgehead atoms. The number of nitrogens with two attached hydrogens (primary N) is 1. The maximum absolute atomic E-state index is 12.3. The number of methoxy groups -OCH3 is 2. The molecule has 9 nitrogen and oxygen atoms in total. The van der Waals surface area contributed by atoms with E-state index < -0.39 is 15.7 Å². The van der Waals surface area contributed by atoms with Gasteiger partial charge < -0.3 is 20.5 Å². The van der Waals surface area contributed by atoms with Gasteiger partial charge in [0.05, 0.1) is 19.9 Å². The number of nitrogens with one attached hydrogen (secondary N) is 1. The molecule has 0 saturated carbocycles. The fourth-order valence-electron chi connectivity index (χ4n) is 2.27. The molecular weight excluding hydrogens is 380 g/mol. The van der Waals surface area contributed by atoms with E-state index in [2.05, 4.69) is 10.4 Å². The summed E-state index contributed by atoms with van der Waals surface area (Å²) in [5, 5.41) is 7.04. The first-order valence-corrected chi connectivity index (χ1v) is 10.4. The number of sulfone groups is 1. The Morgan fingerprint density at radius 3 is 2.54 bits per heavy atom. The monoisotopic (exact) mass is 400 g/mol. The second kappa shape index (κ2) is 7.87. The zero-order valence-corrected chi connectivity index (χ0v) is 16.4. The van der Waals surface area contributed by atoms with Gasteiger partial charge in [-0.1, -0.05) is 0 Å². The van der Waals surface area contributed by atoms with Gasteiger partial charge in [0.1, 0.15) is 33.8 Å². The Hall–Kier alpha value is -2.40. The SMILES string of the molecule is COc1ccc(NC(=O)Cn2nc(SC)c(S(C)(=O)=O)c2N)c(OC)c1. The van der Waals surface area contributed by atoms with E-state index in [1.54, 1.807) is 24.5 Å². The molecule has 0 aliphatic carbocycles. The van der Waals surface area contributed by atoms with Crippen LogP contribution in [0.5, 0.6) is 11.5 Å². The number of nitrogens with zero attached hydrogens (tertiary/aromatic N) is 2. The maximum Gasteiger partial charge on any atom is 0.246 e. The van der Waals surface area contributed by atoms with E-state index in [0.717, 1.165) is 22.7 Å². The summed E-state index contributed by atoms with van der Waals surface area (Å²) in [4.78, 5) is 12.3. The Morgan fingerprint density at radius 1 is 1.35 bits per heavy atom. The molecule has 11 heteroatoms. The van der Waals surface area contributed by atoms with Crippen LogP contribution in [0.1, 0.15) is 0 Å². The lowest BCUT2D eigenvalue weighted by Gasteiger charge is -2.12. The third-order valence-electron chi connectivity index (χ3n) is 3.46. The fraction of sp³-hybridized carbons (Fsp3) is 0.333. The number of thioether (sulfide) groups is 1. The number of carbonyl (C=O) groups excluding carboxylic acids is 1. The van der Waals surface area contributed by atoms with Crippen LogP contribution in [0, 0.1) is 0 Å². The molecule has 1 amide bonds. The predicted octanol–water partition coefficient (Wildman–Crippen LogP) is 1.25. The molecule has 0 radical (unpaired) electrons. The van der Waals surface area contributed by atoms with Crippen molar-refractivity contribution in [3.63, 3.8) is 0 Å². The van der Waals surface area contributed by atoms with Crippen molar-refractivity contribution < 1.29 is 22.7 Å². The number of amides is 1. The Labute approximate surface area is 155 Å². The van der Waals surface area contributed by atoms with Crippen LogP contribution in [0.25, 0.3) is 0 Å². The molecule has 26 heavy (non-hydrogen) atoms. The molecule has 0 aliphatic heterocycles. The Bertz CT molecular complexity index is 924. The van der Waals surface area contributed by atoms with Crippen molar-refractivity contribution in [2.24, 2.45) is 0 Å². The minimum atomic E-state index is -3.56. The first-order chi connectivity index (χ1) is 12.2. The zero-order valence-electron chi connectivity index (χ0n) is 14.8. The molecule has 2 rings (SSSR count). The van der Waals surface area contributed by atoms with Crippen LogP contribution in [0.15, 0.2) is 28.1 Å².